The molecule has 8 heteroatoms. The Kier molecular flexibility index (Phi) is 5.00. The van der Waals surface area contributed by atoms with Gasteiger partial charge in [0, 0.05) is 25.2 Å². The molecule has 2 aromatic rings. The highest BCUT2D eigenvalue weighted by Gasteiger charge is 2.52. The summed E-state index contributed by atoms with van der Waals surface area (Å²) in [6.07, 6.45) is 6.87. The molecule has 2 aliphatic rings. The van der Waals surface area contributed by atoms with Crippen LogP contribution in [0.4, 0.5) is 10.6 Å². The molecule has 1 aliphatic heterocycles. The molecule has 1 saturated heterocycles. The molecule has 29 heavy (non-hydrogen) atoms. The van der Waals surface area contributed by atoms with Crippen LogP contribution < -0.4 is 10.1 Å². The molecule has 3 heterocycles. The minimum Gasteiger partial charge on any atom is -0.456 e. The Morgan fingerprint density at radius 3 is 2.62 bits per heavy atom. The van der Waals surface area contributed by atoms with Crippen LogP contribution in [0.1, 0.15) is 38.3 Å². The van der Waals surface area contributed by atoms with E-state index >= 15 is 0 Å². The summed E-state index contributed by atoms with van der Waals surface area (Å²) in [6.45, 7) is 1.96. The van der Waals surface area contributed by atoms with Gasteiger partial charge >= 0.3 is 6.03 Å². The zero-order valence-corrected chi connectivity index (χ0v) is 16.2. The van der Waals surface area contributed by atoms with Gasteiger partial charge in [-0.2, -0.15) is 0 Å². The predicted octanol–water partition coefficient (Wildman–Crippen LogP) is 3.33. The van der Waals surface area contributed by atoms with E-state index in [2.05, 4.69) is 15.3 Å². The van der Waals surface area contributed by atoms with Crippen molar-refractivity contribution in [3.8, 4) is 11.5 Å². The van der Waals surface area contributed by atoms with Gasteiger partial charge in [0.05, 0.1) is 17.3 Å². The second-order valence-electron chi connectivity index (χ2n) is 7.61. The van der Waals surface area contributed by atoms with Gasteiger partial charge in [-0.1, -0.05) is 6.42 Å². The fourth-order valence-electron chi connectivity index (χ4n) is 3.78. The van der Waals surface area contributed by atoms with Crippen LogP contribution in [-0.2, 0) is 16.0 Å². The number of aromatic nitrogens is 2. The number of urea groups is 1. The molecule has 2 aromatic heterocycles. The number of likely N-dealkylation sites (tertiary alicyclic amines) is 1. The van der Waals surface area contributed by atoms with E-state index in [0.717, 1.165) is 25.7 Å². The molecular weight excluding hydrogens is 372 g/mol. The van der Waals surface area contributed by atoms with Crippen LogP contribution in [0.25, 0.3) is 0 Å². The number of ether oxygens (including phenoxy) is 1. The fraction of sp³-hybridized carbons (Fsp3) is 0.381. The van der Waals surface area contributed by atoms with E-state index in [0.29, 0.717) is 29.6 Å². The van der Waals surface area contributed by atoms with Crippen LogP contribution in [0.5, 0.6) is 11.5 Å². The van der Waals surface area contributed by atoms with Crippen LogP contribution >= 0.6 is 0 Å². The summed E-state index contributed by atoms with van der Waals surface area (Å²) in [6, 6.07) is 6.24. The lowest BCUT2D eigenvalue weighted by molar-refractivity contribution is -0.137. The molecule has 4 rings (SSSR count). The fourth-order valence-corrected chi connectivity index (χ4v) is 3.78. The van der Waals surface area contributed by atoms with Gasteiger partial charge in [-0.05, 0) is 44.4 Å². The smallest absolute Gasteiger partial charge is 0.329 e. The number of Topliss-reactive ketones (excluding diaryl/α,β-unsaturated/α-hetero) is 1. The highest BCUT2D eigenvalue weighted by atomic mass is 16.5. The number of anilines is 1. The summed E-state index contributed by atoms with van der Waals surface area (Å²) in [5.41, 5.74) is 0.334. The van der Waals surface area contributed by atoms with E-state index in [1.807, 2.05) is 0 Å². The standard InChI is InChI=1S/C21H22N4O4/c1-14(26)11-15-12-16(5-9-22-15)29-17-3-4-18(23-13-17)24-20(28)25-10-8-21(19(25)27)6-2-7-21/h3-5,9,12-13H,2,6-8,10-11H2,1H3,(H,23,24,28). The minimum absolute atomic E-state index is 0.0242. The normalized spacial score (nSPS) is 17.1. The lowest BCUT2D eigenvalue weighted by atomic mass is 9.68. The zero-order valence-electron chi connectivity index (χ0n) is 16.2. The second kappa shape index (κ2) is 7.62. The molecule has 0 unspecified atom stereocenters. The van der Waals surface area contributed by atoms with Gasteiger partial charge < -0.3 is 4.74 Å². The SMILES string of the molecule is CC(=O)Cc1cc(Oc2ccc(NC(=O)N3CCC4(CCC4)C3=O)nc2)ccn1. The van der Waals surface area contributed by atoms with E-state index in [-0.39, 0.29) is 23.5 Å². The number of imide groups is 1. The van der Waals surface area contributed by atoms with Gasteiger partial charge in [0.15, 0.2) is 0 Å². The van der Waals surface area contributed by atoms with Gasteiger partial charge in [0.1, 0.15) is 23.1 Å². The number of amides is 3. The molecule has 2 fully saturated rings. The average molecular weight is 394 g/mol. The Balaban J connectivity index is 1.36. The monoisotopic (exact) mass is 394 g/mol. The Morgan fingerprint density at radius 1 is 1.17 bits per heavy atom. The van der Waals surface area contributed by atoms with E-state index in [4.69, 9.17) is 4.74 Å². The summed E-state index contributed by atoms with van der Waals surface area (Å²) in [4.78, 5) is 45.8. The van der Waals surface area contributed by atoms with Crippen LogP contribution in [0.2, 0.25) is 0 Å². The first kappa shape index (κ1) is 19.0. The number of carbonyl (C=O) groups excluding carboxylic acids is 3. The third kappa shape index (κ3) is 3.96. The van der Waals surface area contributed by atoms with Crippen molar-refractivity contribution in [2.24, 2.45) is 5.41 Å². The van der Waals surface area contributed by atoms with E-state index in [1.54, 1.807) is 30.5 Å². The van der Waals surface area contributed by atoms with Crippen molar-refractivity contribution in [1.82, 2.24) is 14.9 Å². The third-order valence-corrected chi connectivity index (χ3v) is 5.49. The molecule has 3 amide bonds. The zero-order chi connectivity index (χ0) is 20.4. The molecule has 1 spiro atoms. The highest BCUT2D eigenvalue weighted by molar-refractivity contribution is 6.04. The Hall–Kier alpha value is -3.29. The van der Waals surface area contributed by atoms with Gasteiger partial charge in [-0.15, -0.1) is 0 Å². The summed E-state index contributed by atoms with van der Waals surface area (Å²) in [7, 11) is 0. The van der Waals surface area contributed by atoms with E-state index in [9.17, 15) is 14.4 Å². The molecule has 0 radical (unpaired) electrons. The van der Waals surface area contributed by atoms with Crippen molar-refractivity contribution >= 4 is 23.5 Å². The maximum Gasteiger partial charge on any atom is 0.329 e. The molecule has 1 saturated carbocycles. The van der Waals surface area contributed by atoms with Crippen LogP contribution in [-0.4, -0.2) is 39.1 Å². The number of hydrogen-bond acceptors (Lipinski definition) is 6. The molecule has 150 valence electrons. The maximum absolute atomic E-state index is 12.5. The lowest BCUT2D eigenvalue weighted by Crippen LogP contribution is -2.43. The largest absolute Gasteiger partial charge is 0.456 e. The molecular formula is C21H22N4O4. The number of carbonyl (C=O) groups is 3. The summed E-state index contributed by atoms with van der Waals surface area (Å²) < 4.78 is 5.74. The first-order valence-electron chi connectivity index (χ1n) is 9.66. The van der Waals surface area contributed by atoms with Crippen molar-refractivity contribution in [2.45, 2.75) is 39.0 Å². The first-order chi connectivity index (χ1) is 13.9. The minimum atomic E-state index is -0.442. The van der Waals surface area contributed by atoms with Crippen molar-refractivity contribution in [3.05, 3.63) is 42.4 Å². The van der Waals surface area contributed by atoms with Crippen LogP contribution in [0.3, 0.4) is 0 Å². The van der Waals surface area contributed by atoms with Gasteiger partial charge in [0.25, 0.3) is 0 Å². The van der Waals surface area contributed by atoms with Crippen molar-refractivity contribution < 1.29 is 19.1 Å². The number of rotatable bonds is 5. The number of nitrogens with zero attached hydrogens (tertiary/aromatic N) is 3. The molecule has 0 aromatic carbocycles. The van der Waals surface area contributed by atoms with E-state index in [1.165, 1.54) is 18.0 Å². The van der Waals surface area contributed by atoms with Crippen molar-refractivity contribution in [2.75, 3.05) is 11.9 Å². The number of nitrogens with one attached hydrogen (secondary N) is 1. The summed E-state index contributed by atoms with van der Waals surface area (Å²) in [5.74, 6) is 1.32. The summed E-state index contributed by atoms with van der Waals surface area (Å²) >= 11 is 0. The average Bonchev–Trinajstić information content (AvgIpc) is 3.01. The van der Waals surface area contributed by atoms with Crippen LogP contribution in [0.15, 0.2) is 36.7 Å². The molecule has 0 bridgehead atoms. The topological polar surface area (TPSA) is 101 Å². The number of hydrogen-bond donors (Lipinski definition) is 1. The molecule has 0 atom stereocenters. The molecule has 1 N–H and O–H groups in total. The van der Waals surface area contributed by atoms with Crippen LogP contribution in [0, 0.1) is 5.41 Å². The highest BCUT2D eigenvalue weighted by Crippen LogP contribution is 2.49. The van der Waals surface area contributed by atoms with Crippen molar-refractivity contribution in [3.63, 3.8) is 0 Å². The molecule has 8 nitrogen and oxygen atoms in total. The lowest BCUT2D eigenvalue weighted by Gasteiger charge is -2.35. The Labute approximate surface area is 168 Å². The Morgan fingerprint density at radius 2 is 2.00 bits per heavy atom. The Bertz CT molecular complexity index is 953. The number of pyridine rings is 2. The third-order valence-electron chi connectivity index (χ3n) is 5.49. The molecule has 1 aliphatic carbocycles. The van der Waals surface area contributed by atoms with Gasteiger partial charge in [-0.25, -0.2) is 9.78 Å². The predicted molar refractivity (Wildman–Crippen MR) is 105 cm³/mol. The maximum atomic E-state index is 12.5. The van der Waals surface area contributed by atoms with E-state index < -0.39 is 6.03 Å². The first-order valence-corrected chi connectivity index (χ1v) is 9.66. The summed E-state index contributed by atoms with van der Waals surface area (Å²) in [5, 5.41) is 2.67. The number of ketones is 1. The quantitative estimate of drug-likeness (QED) is 0.835. The van der Waals surface area contributed by atoms with Gasteiger partial charge in [-0.3, -0.25) is 24.8 Å². The van der Waals surface area contributed by atoms with Crippen molar-refractivity contribution in [1.29, 1.82) is 0 Å². The van der Waals surface area contributed by atoms with Gasteiger partial charge in [0.2, 0.25) is 5.91 Å². The second-order valence-corrected chi connectivity index (χ2v) is 7.61.